The molecule has 1 aromatic carbocycles. The minimum absolute atomic E-state index is 0.187. The number of aryl methyl sites for hydroxylation is 1. The zero-order valence-corrected chi connectivity index (χ0v) is 12.3. The van der Waals surface area contributed by atoms with Gasteiger partial charge in [-0.25, -0.2) is 4.39 Å². The molecular formula is C16H21F4N. The van der Waals surface area contributed by atoms with E-state index < -0.39 is 24.1 Å². The predicted octanol–water partition coefficient (Wildman–Crippen LogP) is 4.76. The molecule has 3 unspecified atom stereocenters. The maximum Gasteiger partial charge on any atom is 0.392 e. The summed E-state index contributed by atoms with van der Waals surface area (Å²) in [5, 5.41) is 3.03. The second kappa shape index (κ2) is 6.34. The number of alkyl halides is 3. The summed E-state index contributed by atoms with van der Waals surface area (Å²) in [6.07, 6.45) is -2.00. The zero-order valence-electron chi connectivity index (χ0n) is 12.3. The number of hydrogen-bond donors (Lipinski definition) is 1. The predicted molar refractivity (Wildman–Crippen MR) is 74.4 cm³/mol. The molecule has 0 spiro atoms. The fourth-order valence-corrected chi connectivity index (χ4v) is 3.55. The van der Waals surface area contributed by atoms with Gasteiger partial charge in [0.2, 0.25) is 0 Å². The maximum atomic E-state index is 13.3. The zero-order chi connectivity index (χ0) is 15.6. The largest absolute Gasteiger partial charge is 0.392 e. The van der Waals surface area contributed by atoms with E-state index in [1.165, 1.54) is 12.1 Å². The number of halogens is 4. The Kier molecular flexibility index (Phi) is 4.91. The van der Waals surface area contributed by atoms with E-state index in [0.29, 0.717) is 18.4 Å². The molecule has 0 amide bonds. The lowest BCUT2D eigenvalue weighted by Gasteiger charge is -2.38. The highest BCUT2D eigenvalue weighted by molar-refractivity contribution is 5.30. The van der Waals surface area contributed by atoms with Crippen molar-refractivity contribution < 1.29 is 17.6 Å². The molecule has 1 fully saturated rings. The van der Waals surface area contributed by atoms with Crippen molar-refractivity contribution in [3.8, 4) is 0 Å². The van der Waals surface area contributed by atoms with Gasteiger partial charge in [0, 0.05) is 6.04 Å². The van der Waals surface area contributed by atoms with Gasteiger partial charge in [0.1, 0.15) is 5.82 Å². The number of rotatable bonds is 3. The van der Waals surface area contributed by atoms with Gasteiger partial charge in [-0.05, 0) is 56.0 Å². The molecule has 1 aliphatic carbocycles. The monoisotopic (exact) mass is 303 g/mol. The maximum absolute atomic E-state index is 13.3. The summed E-state index contributed by atoms with van der Waals surface area (Å²) in [5.74, 6) is -2.14. The smallest absolute Gasteiger partial charge is 0.313 e. The van der Waals surface area contributed by atoms with Crippen LogP contribution in [0.4, 0.5) is 17.6 Å². The summed E-state index contributed by atoms with van der Waals surface area (Å²) < 4.78 is 53.1. The Morgan fingerprint density at radius 3 is 2.43 bits per heavy atom. The highest BCUT2D eigenvalue weighted by atomic mass is 19.4. The summed E-state index contributed by atoms with van der Waals surface area (Å²) in [6.45, 7) is 1.74. The van der Waals surface area contributed by atoms with Crippen LogP contribution < -0.4 is 5.32 Å². The fourth-order valence-electron chi connectivity index (χ4n) is 3.55. The molecule has 21 heavy (non-hydrogen) atoms. The Balaban J connectivity index is 2.34. The fraction of sp³-hybridized carbons (Fsp3) is 0.625. The molecule has 0 heterocycles. The van der Waals surface area contributed by atoms with E-state index >= 15 is 0 Å². The molecular weight excluding hydrogens is 282 g/mol. The molecule has 1 aromatic rings. The molecule has 1 aliphatic rings. The van der Waals surface area contributed by atoms with Gasteiger partial charge < -0.3 is 5.32 Å². The van der Waals surface area contributed by atoms with Crippen molar-refractivity contribution in [3.05, 3.63) is 35.1 Å². The van der Waals surface area contributed by atoms with Gasteiger partial charge in [0.25, 0.3) is 0 Å². The lowest BCUT2D eigenvalue weighted by atomic mass is 9.72. The molecule has 1 nitrogen and oxygen atoms in total. The standard InChI is InChI=1S/C16H21F4N/c1-10-9-11(17)7-8-12(10)15(21-2)13-5-3-4-6-14(13)16(18,19)20/h7-9,13-15,21H,3-6H2,1-2H3. The minimum Gasteiger partial charge on any atom is -0.313 e. The van der Waals surface area contributed by atoms with E-state index in [4.69, 9.17) is 0 Å². The third-order valence-corrected chi connectivity index (χ3v) is 4.55. The van der Waals surface area contributed by atoms with E-state index in [-0.39, 0.29) is 12.2 Å². The molecule has 118 valence electrons. The molecule has 3 atom stereocenters. The summed E-state index contributed by atoms with van der Waals surface area (Å²) in [7, 11) is 1.68. The Hall–Kier alpha value is -1.10. The van der Waals surface area contributed by atoms with Crippen molar-refractivity contribution >= 4 is 0 Å². The summed E-state index contributed by atoms with van der Waals surface area (Å²) in [6, 6.07) is 3.91. The highest BCUT2D eigenvalue weighted by Gasteiger charge is 2.48. The van der Waals surface area contributed by atoms with Crippen molar-refractivity contribution in [2.75, 3.05) is 7.05 Å². The van der Waals surface area contributed by atoms with Crippen molar-refractivity contribution in [3.63, 3.8) is 0 Å². The van der Waals surface area contributed by atoms with Crippen LogP contribution in [0.5, 0.6) is 0 Å². The molecule has 1 saturated carbocycles. The first-order valence-electron chi connectivity index (χ1n) is 7.34. The van der Waals surface area contributed by atoms with Gasteiger partial charge >= 0.3 is 6.18 Å². The van der Waals surface area contributed by atoms with Crippen molar-refractivity contribution in [2.45, 2.75) is 44.8 Å². The van der Waals surface area contributed by atoms with Gasteiger partial charge in [-0.1, -0.05) is 18.9 Å². The molecule has 0 bridgehead atoms. The van der Waals surface area contributed by atoms with Crippen LogP contribution in [0.25, 0.3) is 0 Å². The summed E-state index contributed by atoms with van der Waals surface area (Å²) in [4.78, 5) is 0. The summed E-state index contributed by atoms with van der Waals surface area (Å²) >= 11 is 0. The Morgan fingerprint density at radius 2 is 1.86 bits per heavy atom. The van der Waals surface area contributed by atoms with Gasteiger partial charge in [-0.2, -0.15) is 13.2 Å². The molecule has 0 radical (unpaired) electrons. The number of hydrogen-bond acceptors (Lipinski definition) is 1. The van der Waals surface area contributed by atoms with E-state index in [2.05, 4.69) is 5.32 Å². The van der Waals surface area contributed by atoms with Crippen LogP contribution in [0, 0.1) is 24.6 Å². The average molecular weight is 303 g/mol. The lowest BCUT2D eigenvalue weighted by molar-refractivity contribution is -0.199. The first kappa shape index (κ1) is 16.3. The van der Waals surface area contributed by atoms with E-state index in [1.54, 1.807) is 20.0 Å². The van der Waals surface area contributed by atoms with Gasteiger partial charge in [-0.15, -0.1) is 0 Å². The normalized spacial score (nSPS) is 24.9. The SMILES string of the molecule is CNC(c1ccc(F)cc1C)C1CCCCC1C(F)(F)F. The second-order valence-corrected chi connectivity index (χ2v) is 5.86. The molecule has 0 aromatic heterocycles. The molecule has 2 rings (SSSR count). The van der Waals surface area contributed by atoms with Crippen LogP contribution in [-0.4, -0.2) is 13.2 Å². The van der Waals surface area contributed by atoms with Crippen LogP contribution in [0.1, 0.15) is 42.9 Å². The van der Waals surface area contributed by atoms with E-state index in [0.717, 1.165) is 12.0 Å². The highest BCUT2D eigenvalue weighted by Crippen LogP contribution is 2.46. The van der Waals surface area contributed by atoms with Crippen LogP contribution in [0.3, 0.4) is 0 Å². The van der Waals surface area contributed by atoms with E-state index in [9.17, 15) is 17.6 Å². The van der Waals surface area contributed by atoms with Crippen LogP contribution in [0.2, 0.25) is 0 Å². The first-order valence-corrected chi connectivity index (χ1v) is 7.34. The molecule has 0 aliphatic heterocycles. The van der Waals surface area contributed by atoms with E-state index in [1.807, 2.05) is 0 Å². The van der Waals surface area contributed by atoms with Crippen molar-refractivity contribution in [2.24, 2.45) is 11.8 Å². The topological polar surface area (TPSA) is 12.0 Å². The first-order chi connectivity index (χ1) is 9.84. The van der Waals surface area contributed by atoms with Crippen molar-refractivity contribution in [1.29, 1.82) is 0 Å². The minimum atomic E-state index is -4.17. The number of benzene rings is 1. The Bertz CT molecular complexity index is 484. The lowest BCUT2D eigenvalue weighted by Crippen LogP contribution is -2.40. The van der Waals surface area contributed by atoms with Gasteiger partial charge in [0.15, 0.2) is 0 Å². The number of nitrogens with one attached hydrogen (secondary N) is 1. The molecule has 5 heteroatoms. The molecule has 0 saturated heterocycles. The third-order valence-electron chi connectivity index (χ3n) is 4.55. The van der Waals surface area contributed by atoms with Crippen molar-refractivity contribution in [1.82, 2.24) is 5.32 Å². The van der Waals surface area contributed by atoms with Crippen LogP contribution >= 0.6 is 0 Å². The summed E-state index contributed by atoms with van der Waals surface area (Å²) in [5.41, 5.74) is 1.46. The van der Waals surface area contributed by atoms with Gasteiger partial charge in [-0.3, -0.25) is 0 Å². The molecule has 1 N–H and O–H groups in total. The Labute approximate surface area is 122 Å². The Morgan fingerprint density at radius 1 is 1.19 bits per heavy atom. The third kappa shape index (κ3) is 3.57. The second-order valence-electron chi connectivity index (χ2n) is 5.86. The quantitative estimate of drug-likeness (QED) is 0.794. The average Bonchev–Trinajstić information content (AvgIpc) is 2.41. The van der Waals surface area contributed by atoms with Crippen LogP contribution in [-0.2, 0) is 0 Å². The van der Waals surface area contributed by atoms with Crippen LogP contribution in [0.15, 0.2) is 18.2 Å². The van der Waals surface area contributed by atoms with Gasteiger partial charge in [0.05, 0.1) is 5.92 Å².